The van der Waals surface area contributed by atoms with Crippen molar-refractivity contribution in [1.29, 1.82) is 0 Å². The average molecular weight is 243 g/mol. The monoisotopic (exact) mass is 243 g/mol. The molecule has 2 aliphatic rings. The molecule has 18 heavy (non-hydrogen) atoms. The number of carbonyl (C=O) groups is 1. The van der Waals surface area contributed by atoms with E-state index in [1.807, 2.05) is 18.2 Å². The smallest absolute Gasteiger partial charge is 0.321 e. The number of aliphatic carboxylic acids is 1. The summed E-state index contributed by atoms with van der Waals surface area (Å²) in [6.45, 7) is 2.10. The molecule has 1 saturated heterocycles. The molecule has 1 unspecified atom stereocenters. The standard InChI is InChI=1S/C15H17NO2/c1-10(11-5-3-2-4-6-11)16-13-8-7-12(9-13)14(16)15(17)18/h2-8,10,12-14H,9H2,1H3,(H,17,18)/t10?,12-,13+,14-/m1/s1. The Labute approximate surface area is 107 Å². The fourth-order valence-corrected chi connectivity index (χ4v) is 3.33. The van der Waals surface area contributed by atoms with Crippen LogP contribution in [0, 0.1) is 5.92 Å². The first-order valence-corrected chi connectivity index (χ1v) is 6.42. The summed E-state index contributed by atoms with van der Waals surface area (Å²) in [7, 11) is 0. The maximum atomic E-state index is 11.5. The van der Waals surface area contributed by atoms with E-state index < -0.39 is 5.97 Å². The largest absolute Gasteiger partial charge is 0.480 e. The molecular formula is C15H17NO2. The van der Waals surface area contributed by atoms with Crippen LogP contribution in [-0.4, -0.2) is 28.1 Å². The van der Waals surface area contributed by atoms with Crippen LogP contribution < -0.4 is 0 Å². The second-order valence-electron chi connectivity index (χ2n) is 5.17. The lowest BCUT2D eigenvalue weighted by Gasteiger charge is -2.35. The highest BCUT2D eigenvalue weighted by molar-refractivity contribution is 5.75. The fourth-order valence-electron chi connectivity index (χ4n) is 3.33. The van der Waals surface area contributed by atoms with Gasteiger partial charge in [-0.25, -0.2) is 0 Å². The second-order valence-corrected chi connectivity index (χ2v) is 5.17. The van der Waals surface area contributed by atoms with Crippen LogP contribution in [0.25, 0.3) is 0 Å². The minimum absolute atomic E-state index is 0.146. The lowest BCUT2D eigenvalue weighted by atomic mass is 9.99. The Morgan fingerprint density at radius 1 is 1.33 bits per heavy atom. The molecule has 3 heteroatoms. The van der Waals surface area contributed by atoms with Crippen molar-refractivity contribution in [1.82, 2.24) is 4.90 Å². The Morgan fingerprint density at radius 2 is 2.06 bits per heavy atom. The number of rotatable bonds is 3. The van der Waals surface area contributed by atoms with E-state index in [1.165, 1.54) is 5.56 Å². The Bertz CT molecular complexity index is 483. The predicted octanol–water partition coefficient (Wildman–Crippen LogP) is 2.46. The molecule has 0 aromatic heterocycles. The van der Waals surface area contributed by atoms with E-state index in [9.17, 15) is 9.90 Å². The molecule has 4 atom stereocenters. The number of carboxylic acids is 1. The molecule has 0 saturated carbocycles. The van der Waals surface area contributed by atoms with Gasteiger partial charge in [0.1, 0.15) is 6.04 Å². The lowest BCUT2D eigenvalue weighted by Crippen LogP contribution is -2.45. The van der Waals surface area contributed by atoms with Crippen LogP contribution >= 0.6 is 0 Å². The molecule has 1 heterocycles. The molecule has 0 spiro atoms. The van der Waals surface area contributed by atoms with Gasteiger partial charge < -0.3 is 5.11 Å². The topological polar surface area (TPSA) is 40.5 Å². The van der Waals surface area contributed by atoms with Gasteiger partial charge in [0.25, 0.3) is 0 Å². The van der Waals surface area contributed by atoms with Gasteiger partial charge in [0.2, 0.25) is 0 Å². The van der Waals surface area contributed by atoms with E-state index in [0.717, 1.165) is 6.42 Å². The summed E-state index contributed by atoms with van der Waals surface area (Å²) >= 11 is 0. The SMILES string of the molecule is CC(c1ccccc1)N1[C@H]2C=C[C@H](C2)[C@@H]1C(=O)O. The van der Waals surface area contributed by atoms with E-state index in [0.29, 0.717) is 0 Å². The van der Waals surface area contributed by atoms with Gasteiger partial charge in [0.15, 0.2) is 0 Å². The molecule has 1 aromatic carbocycles. The summed E-state index contributed by atoms with van der Waals surface area (Å²) in [5.74, 6) is -0.520. The van der Waals surface area contributed by atoms with E-state index >= 15 is 0 Å². The van der Waals surface area contributed by atoms with Gasteiger partial charge in [0.05, 0.1) is 0 Å². The molecule has 0 amide bonds. The summed E-state index contributed by atoms with van der Waals surface area (Å²) < 4.78 is 0. The lowest BCUT2D eigenvalue weighted by molar-refractivity contribution is -0.144. The highest BCUT2D eigenvalue weighted by Gasteiger charge is 2.48. The predicted molar refractivity (Wildman–Crippen MR) is 69.2 cm³/mol. The van der Waals surface area contributed by atoms with Gasteiger partial charge in [-0.05, 0) is 18.9 Å². The molecule has 1 aliphatic carbocycles. The number of nitrogens with zero attached hydrogens (tertiary/aromatic N) is 1. The maximum Gasteiger partial charge on any atom is 0.321 e. The zero-order valence-electron chi connectivity index (χ0n) is 10.4. The van der Waals surface area contributed by atoms with Crippen molar-refractivity contribution < 1.29 is 9.90 Å². The molecule has 94 valence electrons. The number of carboxylic acid groups (broad SMARTS) is 1. The first kappa shape index (κ1) is 11.5. The molecular weight excluding hydrogens is 226 g/mol. The van der Waals surface area contributed by atoms with Gasteiger partial charge >= 0.3 is 5.97 Å². The third-order valence-electron chi connectivity index (χ3n) is 4.19. The molecule has 0 radical (unpaired) electrons. The Morgan fingerprint density at radius 3 is 2.72 bits per heavy atom. The quantitative estimate of drug-likeness (QED) is 0.829. The van der Waals surface area contributed by atoms with Crippen LogP contribution in [0.1, 0.15) is 24.9 Å². The number of hydrogen-bond acceptors (Lipinski definition) is 2. The van der Waals surface area contributed by atoms with Crippen LogP contribution in [0.15, 0.2) is 42.5 Å². The molecule has 3 rings (SSSR count). The van der Waals surface area contributed by atoms with Crippen LogP contribution in [0.2, 0.25) is 0 Å². The van der Waals surface area contributed by atoms with Crippen LogP contribution in [-0.2, 0) is 4.79 Å². The van der Waals surface area contributed by atoms with E-state index in [4.69, 9.17) is 0 Å². The van der Waals surface area contributed by atoms with Gasteiger partial charge in [-0.3, -0.25) is 9.69 Å². The summed E-state index contributed by atoms with van der Waals surface area (Å²) in [5.41, 5.74) is 1.18. The van der Waals surface area contributed by atoms with Crippen LogP contribution in [0.5, 0.6) is 0 Å². The van der Waals surface area contributed by atoms with Crippen molar-refractivity contribution in [3.8, 4) is 0 Å². The van der Waals surface area contributed by atoms with Gasteiger partial charge in [-0.1, -0.05) is 42.5 Å². The first-order chi connectivity index (χ1) is 8.68. The van der Waals surface area contributed by atoms with E-state index in [-0.39, 0.29) is 24.0 Å². The summed E-state index contributed by atoms with van der Waals surface area (Å²) in [6.07, 6.45) is 5.18. The third-order valence-corrected chi connectivity index (χ3v) is 4.19. The summed E-state index contributed by atoms with van der Waals surface area (Å²) in [5, 5.41) is 9.43. The second kappa shape index (κ2) is 4.25. The van der Waals surface area contributed by atoms with Crippen molar-refractivity contribution in [3.63, 3.8) is 0 Å². The number of fused-ring (bicyclic) bond motifs is 2. The average Bonchev–Trinajstić information content (AvgIpc) is 2.99. The van der Waals surface area contributed by atoms with E-state index in [1.54, 1.807) is 0 Å². The van der Waals surface area contributed by atoms with Crippen molar-refractivity contribution in [2.45, 2.75) is 31.5 Å². The number of hydrogen-bond donors (Lipinski definition) is 1. The van der Waals surface area contributed by atoms with Crippen molar-refractivity contribution in [3.05, 3.63) is 48.0 Å². The van der Waals surface area contributed by atoms with Gasteiger partial charge in [-0.2, -0.15) is 0 Å². The van der Waals surface area contributed by atoms with Gasteiger partial charge in [-0.15, -0.1) is 0 Å². The maximum absolute atomic E-state index is 11.5. The zero-order valence-corrected chi connectivity index (χ0v) is 10.4. The van der Waals surface area contributed by atoms with Crippen molar-refractivity contribution in [2.75, 3.05) is 0 Å². The molecule has 2 bridgehead atoms. The normalized spacial score (nSPS) is 31.7. The summed E-state index contributed by atoms with van der Waals surface area (Å²) in [6, 6.07) is 10.2. The molecule has 1 fully saturated rings. The molecule has 1 aliphatic heterocycles. The van der Waals surface area contributed by atoms with E-state index in [2.05, 4.69) is 36.1 Å². The molecule has 1 N–H and O–H groups in total. The summed E-state index contributed by atoms with van der Waals surface area (Å²) in [4.78, 5) is 13.6. The Kier molecular flexibility index (Phi) is 2.71. The van der Waals surface area contributed by atoms with Gasteiger partial charge in [0, 0.05) is 18.0 Å². The van der Waals surface area contributed by atoms with Crippen molar-refractivity contribution >= 4 is 5.97 Å². The Balaban J connectivity index is 1.91. The fraction of sp³-hybridized carbons (Fsp3) is 0.400. The Hall–Kier alpha value is -1.61. The highest BCUT2D eigenvalue weighted by Crippen LogP contribution is 2.42. The van der Waals surface area contributed by atoms with Crippen LogP contribution in [0.3, 0.4) is 0 Å². The zero-order chi connectivity index (χ0) is 12.7. The number of likely N-dealkylation sites (tertiary alicyclic amines) is 1. The van der Waals surface area contributed by atoms with Crippen LogP contribution in [0.4, 0.5) is 0 Å². The molecule has 3 nitrogen and oxygen atoms in total. The number of benzene rings is 1. The minimum Gasteiger partial charge on any atom is -0.480 e. The minimum atomic E-state index is -0.699. The first-order valence-electron chi connectivity index (χ1n) is 6.42. The molecule has 1 aromatic rings. The van der Waals surface area contributed by atoms with Crippen molar-refractivity contribution in [2.24, 2.45) is 5.92 Å². The third kappa shape index (κ3) is 1.66. The highest BCUT2D eigenvalue weighted by atomic mass is 16.4.